The lowest BCUT2D eigenvalue weighted by molar-refractivity contribution is 0.437. The molecule has 1 heterocycles. The van der Waals surface area contributed by atoms with Crippen molar-refractivity contribution in [1.82, 2.24) is 4.31 Å². The first-order valence-corrected chi connectivity index (χ1v) is 7.09. The van der Waals surface area contributed by atoms with Crippen LogP contribution in [0.3, 0.4) is 0 Å². The molecule has 0 saturated carbocycles. The second-order valence-electron chi connectivity index (χ2n) is 4.30. The number of rotatable bonds is 3. The molecule has 0 aliphatic carbocycles. The lowest BCUT2D eigenvalue weighted by atomic mass is 10.2. The van der Waals surface area contributed by atoms with Gasteiger partial charge in [0.2, 0.25) is 10.0 Å². The van der Waals surface area contributed by atoms with Gasteiger partial charge in [-0.25, -0.2) is 17.2 Å². The predicted molar refractivity (Wildman–Crippen MR) is 65.2 cm³/mol. The molecule has 0 spiro atoms. The lowest BCUT2D eigenvalue weighted by Crippen LogP contribution is -2.43. The van der Waals surface area contributed by atoms with Gasteiger partial charge in [-0.1, -0.05) is 0 Å². The van der Waals surface area contributed by atoms with Crippen LogP contribution in [0, 0.1) is 17.0 Å². The molecule has 8 heteroatoms. The Morgan fingerprint density at radius 3 is 2.68 bits per heavy atom. The highest BCUT2D eigenvalue weighted by atomic mass is 32.2. The van der Waals surface area contributed by atoms with Crippen LogP contribution in [0.5, 0.6) is 0 Å². The van der Waals surface area contributed by atoms with Crippen LogP contribution in [-0.4, -0.2) is 31.1 Å². The van der Waals surface area contributed by atoms with Gasteiger partial charge in [0.15, 0.2) is 0 Å². The third-order valence-electron chi connectivity index (χ3n) is 3.04. The molecule has 3 N–H and O–H groups in total. The summed E-state index contributed by atoms with van der Waals surface area (Å²) in [5.74, 6) is -2.27. The van der Waals surface area contributed by atoms with Crippen LogP contribution in [0.4, 0.5) is 8.78 Å². The zero-order chi connectivity index (χ0) is 14.2. The van der Waals surface area contributed by atoms with E-state index in [0.29, 0.717) is 18.9 Å². The van der Waals surface area contributed by atoms with Crippen molar-refractivity contribution in [2.45, 2.75) is 23.8 Å². The van der Waals surface area contributed by atoms with Crippen molar-refractivity contribution >= 4 is 15.9 Å². The van der Waals surface area contributed by atoms with Gasteiger partial charge in [0, 0.05) is 12.6 Å². The first-order chi connectivity index (χ1) is 8.84. The highest BCUT2D eigenvalue weighted by Crippen LogP contribution is 2.27. The van der Waals surface area contributed by atoms with Crippen molar-refractivity contribution in [2.24, 2.45) is 5.73 Å². The Balaban J connectivity index is 2.45. The van der Waals surface area contributed by atoms with Gasteiger partial charge in [-0.05, 0) is 25.0 Å². The molecule has 1 aromatic carbocycles. The van der Waals surface area contributed by atoms with Crippen molar-refractivity contribution in [2.75, 3.05) is 6.54 Å². The molecule has 5 nitrogen and oxygen atoms in total. The maximum atomic E-state index is 13.6. The molecule has 0 aromatic heterocycles. The number of hydrogen-bond donors (Lipinski definition) is 2. The van der Waals surface area contributed by atoms with Crippen LogP contribution in [0.2, 0.25) is 0 Å². The summed E-state index contributed by atoms with van der Waals surface area (Å²) in [5.41, 5.74) is 5.35. The normalized spacial score (nSPS) is 20.6. The van der Waals surface area contributed by atoms with Crippen LogP contribution < -0.4 is 5.73 Å². The molecule has 0 radical (unpaired) electrons. The molecule has 1 aromatic rings. The number of benzene rings is 1. The third kappa shape index (κ3) is 2.45. The van der Waals surface area contributed by atoms with Gasteiger partial charge < -0.3 is 5.73 Å². The molecule has 1 saturated heterocycles. The first-order valence-electron chi connectivity index (χ1n) is 5.65. The number of amidine groups is 1. The SMILES string of the molecule is N=C(N)C1CCCN1S(=O)(=O)c1ccc(F)cc1F. The number of nitrogens with two attached hydrogens (primary N) is 1. The van der Waals surface area contributed by atoms with E-state index in [1.165, 1.54) is 0 Å². The van der Waals surface area contributed by atoms with Crippen LogP contribution in [-0.2, 0) is 10.0 Å². The number of hydrogen-bond acceptors (Lipinski definition) is 3. The Morgan fingerprint density at radius 1 is 1.42 bits per heavy atom. The molecular weight excluding hydrogens is 276 g/mol. The van der Waals surface area contributed by atoms with E-state index in [0.717, 1.165) is 16.4 Å². The molecular formula is C11H13F2N3O2S. The molecule has 19 heavy (non-hydrogen) atoms. The Morgan fingerprint density at radius 2 is 2.11 bits per heavy atom. The van der Waals surface area contributed by atoms with E-state index in [9.17, 15) is 17.2 Å². The van der Waals surface area contributed by atoms with Crippen LogP contribution >= 0.6 is 0 Å². The molecule has 2 rings (SSSR count). The zero-order valence-corrected chi connectivity index (χ0v) is 10.8. The minimum absolute atomic E-state index is 0.170. The zero-order valence-electron chi connectivity index (χ0n) is 9.94. The molecule has 1 aliphatic rings. The van der Waals surface area contributed by atoms with Crippen LogP contribution in [0.25, 0.3) is 0 Å². The molecule has 0 bridgehead atoms. The van der Waals surface area contributed by atoms with E-state index >= 15 is 0 Å². The van der Waals surface area contributed by atoms with Crippen molar-refractivity contribution < 1.29 is 17.2 Å². The maximum Gasteiger partial charge on any atom is 0.246 e. The number of sulfonamides is 1. The summed E-state index contributed by atoms with van der Waals surface area (Å²) in [6.45, 7) is 0.170. The number of halogens is 2. The summed E-state index contributed by atoms with van der Waals surface area (Å²) in [5, 5.41) is 7.37. The van der Waals surface area contributed by atoms with E-state index < -0.39 is 32.6 Å². The number of nitrogens with one attached hydrogen (secondary N) is 1. The van der Waals surface area contributed by atoms with Gasteiger partial charge in [-0.3, -0.25) is 5.41 Å². The monoisotopic (exact) mass is 289 g/mol. The quantitative estimate of drug-likeness (QED) is 0.644. The van der Waals surface area contributed by atoms with Crippen molar-refractivity contribution in [3.63, 3.8) is 0 Å². The summed E-state index contributed by atoms with van der Waals surface area (Å²) in [4.78, 5) is -0.595. The van der Waals surface area contributed by atoms with Crippen molar-refractivity contribution in [3.8, 4) is 0 Å². The number of nitrogens with zero attached hydrogens (tertiary/aromatic N) is 1. The summed E-state index contributed by atoms with van der Waals surface area (Å²) in [6, 6.07) is 1.53. The Hall–Kier alpha value is -1.54. The van der Waals surface area contributed by atoms with Crippen LogP contribution in [0.1, 0.15) is 12.8 Å². The molecule has 1 aliphatic heterocycles. The van der Waals surface area contributed by atoms with E-state index in [2.05, 4.69) is 0 Å². The second kappa shape index (κ2) is 4.86. The van der Waals surface area contributed by atoms with Gasteiger partial charge in [0.1, 0.15) is 22.4 Å². The average Bonchev–Trinajstić information content (AvgIpc) is 2.77. The van der Waals surface area contributed by atoms with Crippen LogP contribution in [0.15, 0.2) is 23.1 Å². The summed E-state index contributed by atoms with van der Waals surface area (Å²) < 4.78 is 52.0. The van der Waals surface area contributed by atoms with Crippen molar-refractivity contribution in [3.05, 3.63) is 29.8 Å². The minimum atomic E-state index is -4.11. The standard InChI is InChI=1S/C11H13F2N3O2S/c12-7-3-4-10(8(13)6-7)19(17,18)16-5-1-2-9(16)11(14)15/h3-4,6,9H,1-2,5H2,(H3,14,15). The van der Waals surface area contributed by atoms with E-state index in [1.807, 2.05) is 0 Å². The van der Waals surface area contributed by atoms with Crippen molar-refractivity contribution in [1.29, 1.82) is 5.41 Å². The Labute approximate surface area is 109 Å². The molecule has 1 unspecified atom stereocenters. The first kappa shape index (κ1) is 13.9. The molecule has 1 atom stereocenters. The molecule has 104 valence electrons. The summed E-state index contributed by atoms with van der Waals surface area (Å²) in [7, 11) is -4.11. The third-order valence-corrected chi connectivity index (χ3v) is 4.98. The predicted octanol–water partition coefficient (Wildman–Crippen LogP) is 1.05. The lowest BCUT2D eigenvalue weighted by Gasteiger charge is -2.23. The summed E-state index contributed by atoms with van der Waals surface area (Å²) >= 11 is 0. The van der Waals surface area contributed by atoms with Gasteiger partial charge in [-0.2, -0.15) is 4.31 Å². The van der Waals surface area contributed by atoms with Gasteiger partial charge in [0.25, 0.3) is 0 Å². The largest absolute Gasteiger partial charge is 0.386 e. The maximum absolute atomic E-state index is 13.6. The highest BCUT2D eigenvalue weighted by molar-refractivity contribution is 7.89. The minimum Gasteiger partial charge on any atom is -0.386 e. The summed E-state index contributed by atoms with van der Waals surface area (Å²) in [6.07, 6.45) is 0.976. The second-order valence-corrected chi connectivity index (χ2v) is 6.16. The van der Waals surface area contributed by atoms with E-state index in [4.69, 9.17) is 11.1 Å². The van der Waals surface area contributed by atoms with Gasteiger partial charge >= 0.3 is 0 Å². The van der Waals surface area contributed by atoms with Gasteiger partial charge in [0.05, 0.1) is 6.04 Å². The van der Waals surface area contributed by atoms with Gasteiger partial charge in [-0.15, -0.1) is 0 Å². The Kier molecular flexibility index (Phi) is 3.55. The molecule has 1 fully saturated rings. The average molecular weight is 289 g/mol. The smallest absolute Gasteiger partial charge is 0.246 e. The fraction of sp³-hybridized carbons (Fsp3) is 0.364. The highest BCUT2D eigenvalue weighted by Gasteiger charge is 2.38. The Bertz CT molecular complexity index is 618. The van der Waals surface area contributed by atoms with E-state index in [1.54, 1.807) is 0 Å². The fourth-order valence-corrected chi connectivity index (χ4v) is 3.87. The molecule has 0 amide bonds. The van der Waals surface area contributed by atoms with E-state index in [-0.39, 0.29) is 12.4 Å². The topological polar surface area (TPSA) is 87.2 Å². The fourth-order valence-electron chi connectivity index (χ4n) is 2.15.